The number of rotatable bonds is 5. The van der Waals surface area contributed by atoms with Crippen molar-refractivity contribution in [2.24, 2.45) is 5.41 Å². The molecule has 2 heterocycles. The van der Waals surface area contributed by atoms with Gasteiger partial charge in [0.2, 0.25) is 0 Å². The minimum Gasteiger partial charge on any atom is -0.380 e. The average Bonchev–Trinajstić information content (AvgIpc) is 2.82. The Bertz CT molecular complexity index is 1200. The predicted molar refractivity (Wildman–Crippen MR) is 136 cm³/mol. The van der Waals surface area contributed by atoms with E-state index in [2.05, 4.69) is 61.7 Å². The first kappa shape index (κ1) is 24.2. The van der Waals surface area contributed by atoms with E-state index >= 15 is 0 Å². The number of hydrogen-bond acceptors (Lipinski definition) is 4. The van der Waals surface area contributed by atoms with Gasteiger partial charge in [-0.05, 0) is 42.6 Å². The van der Waals surface area contributed by atoms with Gasteiger partial charge in [0, 0.05) is 42.0 Å². The van der Waals surface area contributed by atoms with Gasteiger partial charge in [-0.25, -0.2) is 0 Å². The summed E-state index contributed by atoms with van der Waals surface area (Å²) in [5, 5.41) is 23.2. The summed E-state index contributed by atoms with van der Waals surface area (Å²) in [5.74, 6) is 6.48. The molecule has 4 heteroatoms. The normalized spacial score (nSPS) is 18.8. The van der Waals surface area contributed by atoms with E-state index in [1.54, 1.807) is 19.3 Å². The van der Waals surface area contributed by atoms with Gasteiger partial charge in [0.25, 0.3) is 0 Å². The zero-order chi connectivity index (χ0) is 24.6. The van der Waals surface area contributed by atoms with E-state index in [0.717, 1.165) is 24.2 Å². The number of nitrogens with zero attached hydrogens (tertiary/aromatic N) is 2. The molecule has 0 spiro atoms. The molecular weight excluding hydrogens is 420 g/mol. The highest BCUT2D eigenvalue weighted by Crippen LogP contribution is 2.50. The zero-order valence-corrected chi connectivity index (χ0v) is 20.7. The molecule has 3 aromatic rings. The lowest BCUT2D eigenvalue weighted by Gasteiger charge is -2.55. The first-order valence-corrected chi connectivity index (χ1v) is 11.8. The molecule has 0 amide bonds. The van der Waals surface area contributed by atoms with Crippen LogP contribution >= 0.6 is 0 Å². The monoisotopic (exact) mass is 454 g/mol. The second-order valence-corrected chi connectivity index (χ2v) is 10.4. The molecule has 176 valence electrons. The van der Waals surface area contributed by atoms with Crippen molar-refractivity contribution in [3.8, 4) is 11.8 Å². The molecule has 2 atom stereocenters. The molecule has 0 saturated carbocycles. The Morgan fingerprint density at radius 1 is 0.941 bits per heavy atom. The molecule has 4 rings (SSSR count). The predicted octanol–water partition coefficient (Wildman–Crippen LogP) is 4.65. The Hall–Kier alpha value is -2.97. The summed E-state index contributed by atoms with van der Waals surface area (Å²) in [5.41, 5.74) is 1.32. The van der Waals surface area contributed by atoms with Gasteiger partial charge in [-0.2, -0.15) is 0 Å². The van der Waals surface area contributed by atoms with Crippen LogP contribution in [-0.2, 0) is 11.2 Å². The van der Waals surface area contributed by atoms with Crippen molar-refractivity contribution in [3.63, 3.8) is 0 Å². The Morgan fingerprint density at radius 2 is 1.59 bits per heavy atom. The second kappa shape index (κ2) is 9.00. The molecule has 1 unspecified atom stereocenters. The van der Waals surface area contributed by atoms with Crippen molar-refractivity contribution >= 4 is 0 Å². The first-order valence-electron chi connectivity index (χ1n) is 11.8. The van der Waals surface area contributed by atoms with Gasteiger partial charge in [0.15, 0.2) is 0 Å². The lowest BCUT2D eigenvalue weighted by atomic mass is 9.62. The maximum Gasteiger partial charge on any atom is 0.148 e. The maximum absolute atomic E-state index is 12.3. The summed E-state index contributed by atoms with van der Waals surface area (Å²) in [6.45, 7) is 9.69. The molecule has 1 fully saturated rings. The lowest BCUT2D eigenvalue weighted by molar-refractivity contribution is -0.127. The molecule has 4 nitrogen and oxygen atoms in total. The van der Waals surface area contributed by atoms with Gasteiger partial charge in [-0.1, -0.05) is 87.2 Å². The smallest absolute Gasteiger partial charge is 0.148 e. The summed E-state index contributed by atoms with van der Waals surface area (Å²) in [4.78, 5) is 6.64. The summed E-state index contributed by atoms with van der Waals surface area (Å²) in [6.07, 6.45) is 3.41. The number of likely N-dealkylation sites (tertiary alicyclic amines) is 1. The molecule has 2 aromatic carbocycles. The number of aliphatic hydroxyl groups is 2. The largest absolute Gasteiger partial charge is 0.380 e. The van der Waals surface area contributed by atoms with Crippen LogP contribution in [0.2, 0.25) is 0 Å². The molecule has 1 aromatic heterocycles. The van der Waals surface area contributed by atoms with E-state index in [-0.39, 0.29) is 5.41 Å². The summed E-state index contributed by atoms with van der Waals surface area (Å²) >= 11 is 0. The molecule has 1 aliphatic rings. The summed E-state index contributed by atoms with van der Waals surface area (Å²) < 4.78 is 0. The average molecular weight is 455 g/mol. The third kappa shape index (κ3) is 4.40. The standard InChI is InChI=1S/C30H34N2O2/c1-22(2)24-11-13-26(14-12-24)30(34,28(3)20-32(5)21-28)27-17-23(18-31-19-27)15-16-29(4,33)25-9-7-6-8-10-25/h6-14,17-19,22,33-34H,20-21H2,1-5H3/t29?,30-/m0/s1. The van der Waals surface area contributed by atoms with E-state index in [0.29, 0.717) is 17.0 Å². The number of benzene rings is 2. The highest BCUT2D eigenvalue weighted by atomic mass is 16.3. The Balaban J connectivity index is 1.75. The number of hydrogen-bond donors (Lipinski definition) is 2. The fourth-order valence-corrected chi connectivity index (χ4v) is 5.08. The number of pyridine rings is 1. The van der Waals surface area contributed by atoms with Crippen molar-refractivity contribution in [3.05, 3.63) is 101 Å². The van der Waals surface area contributed by atoms with E-state index in [4.69, 9.17) is 0 Å². The summed E-state index contributed by atoms with van der Waals surface area (Å²) in [6, 6.07) is 19.6. The molecule has 0 aliphatic carbocycles. The lowest BCUT2D eigenvalue weighted by Crippen LogP contribution is -2.63. The third-order valence-corrected chi connectivity index (χ3v) is 7.05. The van der Waals surface area contributed by atoms with Gasteiger partial charge in [-0.3, -0.25) is 4.98 Å². The third-order valence-electron chi connectivity index (χ3n) is 7.05. The SMILES string of the molecule is CC(C)c1ccc([C@](O)(c2cncc(C#CC(C)(O)c3ccccc3)c2)C2(C)CN(C)C2)cc1. The van der Waals surface area contributed by atoms with Crippen LogP contribution in [-0.4, -0.2) is 40.2 Å². The van der Waals surface area contributed by atoms with Crippen LogP contribution in [0.3, 0.4) is 0 Å². The van der Waals surface area contributed by atoms with E-state index < -0.39 is 11.2 Å². The van der Waals surface area contributed by atoms with E-state index in [1.165, 1.54) is 5.56 Å². The maximum atomic E-state index is 12.3. The Labute approximate surface area is 203 Å². The van der Waals surface area contributed by atoms with Crippen LogP contribution in [0.25, 0.3) is 0 Å². The van der Waals surface area contributed by atoms with E-state index in [1.807, 2.05) is 48.5 Å². The first-order chi connectivity index (χ1) is 16.0. The minimum atomic E-state index is -1.29. The van der Waals surface area contributed by atoms with Gasteiger partial charge >= 0.3 is 0 Å². The fourth-order valence-electron chi connectivity index (χ4n) is 5.08. The highest BCUT2D eigenvalue weighted by Gasteiger charge is 2.55. The topological polar surface area (TPSA) is 56.6 Å². The van der Waals surface area contributed by atoms with Gasteiger partial charge in [-0.15, -0.1) is 0 Å². The van der Waals surface area contributed by atoms with Gasteiger partial charge < -0.3 is 15.1 Å². The van der Waals surface area contributed by atoms with Crippen LogP contribution in [0.15, 0.2) is 73.1 Å². The van der Waals surface area contributed by atoms with Crippen LogP contribution in [0, 0.1) is 17.3 Å². The number of aromatic nitrogens is 1. The molecule has 34 heavy (non-hydrogen) atoms. The molecular formula is C30H34N2O2. The highest BCUT2D eigenvalue weighted by molar-refractivity contribution is 5.46. The Morgan fingerprint density at radius 3 is 2.18 bits per heavy atom. The van der Waals surface area contributed by atoms with Crippen LogP contribution in [0.5, 0.6) is 0 Å². The van der Waals surface area contributed by atoms with Crippen LogP contribution < -0.4 is 0 Å². The van der Waals surface area contributed by atoms with Crippen molar-refractivity contribution < 1.29 is 10.2 Å². The quantitative estimate of drug-likeness (QED) is 0.551. The molecule has 0 radical (unpaired) electrons. The second-order valence-electron chi connectivity index (χ2n) is 10.4. The summed E-state index contributed by atoms with van der Waals surface area (Å²) in [7, 11) is 2.07. The van der Waals surface area contributed by atoms with Crippen molar-refractivity contribution in [2.75, 3.05) is 20.1 Å². The van der Waals surface area contributed by atoms with E-state index in [9.17, 15) is 10.2 Å². The molecule has 0 bridgehead atoms. The van der Waals surface area contributed by atoms with Gasteiger partial charge in [0.1, 0.15) is 11.2 Å². The molecule has 1 aliphatic heterocycles. The minimum absolute atomic E-state index is 0.371. The zero-order valence-electron chi connectivity index (χ0n) is 20.7. The van der Waals surface area contributed by atoms with Crippen molar-refractivity contribution in [1.29, 1.82) is 0 Å². The van der Waals surface area contributed by atoms with Gasteiger partial charge in [0.05, 0.1) is 0 Å². The Kier molecular flexibility index (Phi) is 6.40. The molecule has 2 N–H and O–H groups in total. The van der Waals surface area contributed by atoms with Crippen molar-refractivity contribution in [1.82, 2.24) is 9.88 Å². The molecule has 1 saturated heterocycles. The fraction of sp³-hybridized carbons (Fsp3) is 0.367. The van der Waals surface area contributed by atoms with Crippen LogP contribution in [0.4, 0.5) is 0 Å². The van der Waals surface area contributed by atoms with Crippen LogP contribution in [0.1, 0.15) is 61.4 Å². The van der Waals surface area contributed by atoms with Crippen molar-refractivity contribution in [2.45, 2.75) is 44.8 Å².